The highest BCUT2D eigenvalue weighted by Crippen LogP contribution is 2.23. The van der Waals surface area contributed by atoms with Crippen LogP contribution in [0.1, 0.15) is 17.3 Å². The Hall–Kier alpha value is -1.27. The summed E-state index contributed by atoms with van der Waals surface area (Å²) in [6.07, 6.45) is -5.04. The number of carbonyl (C=O) groups is 2. The Balaban J connectivity index is 2.83. The molecule has 0 heterocycles. The van der Waals surface area contributed by atoms with Gasteiger partial charge >= 0.3 is 12.1 Å². The van der Waals surface area contributed by atoms with Crippen LogP contribution >= 0.6 is 23.2 Å². The van der Waals surface area contributed by atoms with Crippen LogP contribution in [0.25, 0.3) is 0 Å². The van der Waals surface area contributed by atoms with Crippen LogP contribution in [-0.2, 0) is 4.79 Å². The van der Waals surface area contributed by atoms with E-state index in [0.29, 0.717) is 0 Å². The molecule has 0 aliphatic heterocycles. The highest BCUT2D eigenvalue weighted by atomic mass is 35.5. The van der Waals surface area contributed by atoms with Crippen LogP contribution in [0.3, 0.4) is 0 Å². The lowest BCUT2D eigenvalue weighted by atomic mass is 10.1. The fraction of sp³-hybridized carbons (Fsp3) is 0.273. The number of ketones is 1. The maximum atomic E-state index is 12.0. The molecule has 19 heavy (non-hydrogen) atoms. The van der Waals surface area contributed by atoms with Crippen LogP contribution in [0, 0.1) is 0 Å². The van der Waals surface area contributed by atoms with Gasteiger partial charge in [0.15, 0.2) is 5.78 Å². The molecule has 0 unspecified atom stereocenters. The maximum Gasteiger partial charge on any atom is 0.471 e. The second-order valence-electron chi connectivity index (χ2n) is 3.69. The lowest BCUT2D eigenvalue weighted by molar-refractivity contribution is -0.173. The third kappa shape index (κ3) is 4.11. The van der Waals surface area contributed by atoms with Gasteiger partial charge in [-0.3, -0.25) is 9.59 Å². The number of benzene rings is 1. The van der Waals surface area contributed by atoms with Gasteiger partial charge in [-0.15, -0.1) is 0 Å². The first-order valence-corrected chi connectivity index (χ1v) is 5.75. The monoisotopic (exact) mass is 313 g/mol. The average molecular weight is 314 g/mol. The number of hydrogen-bond donors (Lipinski definition) is 1. The molecule has 0 radical (unpaired) electrons. The Labute approximate surface area is 116 Å². The molecule has 1 N–H and O–H groups in total. The Morgan fingerprint density at radius 2 is 1.79 bits per heavy atom. The standard InChI is InChI=1S/C11H8Cl2F3NO2/c1-5(17-10(19)11(14,15)16)9(18)6-2-3-7(12)8(13)4-6/h2-5H,1H3,(H,17,19)/t5-/m1/s1. The summed E-state index contributed by atoms with van der Waals surface area (Å²) >= 11 is 11.3. The van der Waals surface area contributed by atoms with Crippen molar-refractivity contribution in [3.63, 3.8) is 0 Å². The van der Waals surface area contributed by atoms with Crippen molar-refractivity contribution >= 4 is 34.9 Å². The summed E-state index contributed by atoms with van der Waals surface area (Å²) in [6, 6.07) is 2.55. The van der Waals surface area contributed by atoms with Crippen LogP contribution in [0.2, 0.25) is 10.0 Å². The summed E-state index contributed by atoms with van der Waals surface area (Å²) in [5.74, 6) is -2.87. The normalized spacial score (nSPS) is 12.9. The highest BCUT2D eigenvalue weighted by Gasteiger charge is 2.40. The molecular weight excluding hydrogens is 306 g/mol. The number of amides is 1. The van der Waals surface area contributed by atoms with Gasteiger partial charge in [0.25, 0.3) is 0 Å². The molecule has 0 bridgehead atoms. The van der Waals surface area contributed by atoms with Gasteiger partial charge in [0, 0.05) is 5.56 Å². The van der Waals surface area contributed by atoms with Crippen molar-refractivity contribution < 1.29 is 22.8 Å². The first kappa shape index (κ1) is 15.8. The van der Waals surface area contributed by atoms with Gasteiger partial charge in [-0.2, -0.15) is 13.2 Å². The zero-order chi connectivity index (χ0) is 14.8. The van der Waals surface area contributed by atoms with E-state index in [1.807, 2.05) is 0 Å². The molecule has 0 fully saturated rings. The fourth-order valence-corrected chi connectivity index (χ4v) is 1.54. The molecule has 0 saturated heterocycles. The summed E-state index contributed by atoms with van der Waals surface area (Å²) < 4.78 is 36.1. The number of halogens is 5. The first-order valence-electron chi connectivity index (χ1n) is 5.00. The summed E-state index contributed by atoms with van der Waals surface area (Å²) in [5.41, 5.74) is 0.0596. The second kappa shape index (κ2) is 5.79. The van der Waals surface area contributed by atoms with Crippen molar-refractivity contribution in [3.8, 4) is 0 Å². The van der Waals surface area contributed by atoms with Gasteiger partial charge < -0.3 is 5.32 Å². The van der Waals surface area contributed by atoms with E-state index in [-0.39, 0.29) is 15.6 Å². The fourth-order valence-electron chi connectivity index (χ4n) is 1.24. The van der Waals surface area contributed by atoms with E-state index in [4.69, 9.17) is 23.2 Å². The van der Waals surface area contributed by atoms with Gasteiger partial charge in [-0.05, 0) is 25.1 Å². The minimum absolute atomic E-state index is 0.0596. The van der Waals surface area contributed by atoms with Crippen molar-refractivity contribution in [3.05, 3.63) is 33.8 Å². The Bertz CT molecular complexity index is 517. The lowest BCUT2D eigenvalue weighted by Gasteiger charge is -2.14. The molecule has 0 aliphatic rings. The van der Waals surface area contributed by atoms with Crippen LogP contribution in [-0.4, -0.2) is 23.9 Å². The number of alkyl halides is 3. The van der Waals surface area contributed by atoms with Crippen LogP contribution in [0.5, 0.6) is 0 Å². The van der Waals surface area contributed by atoms with Gasteiger partial charge in [0.2, 0.25) is 0 Å². The molecule has 0 aliphatic carbocycles. The molecule has 8 heteroatoms. The van der Waals surface area contributed by atoms with Crippen molar-refractivity contribution in [2.24, 2.45) is 0 Å². The Morgan fingerprint density at radius 1 is 1.21 bits per heavy atom. The third-order valence-electron chi connectivity index (χ3n) is 2.20. The van der Waals surface area contributed by atoms with Crippen molar-refractivity contribution in [2.75, 3.05) is 0 Å². The summed E-state index contributed by atoms with van der Waals surface area (Å²) in [7, 11) is 0. The van der Waals surface area contributed by atoms with Crippen LogP contribution in [0.4, 0.5) is 13.2 Å². The van der Waals surface area contributed by atoms with E-state index in [1.54, 1.807) is 5.32 Å². The molecule has 0 spiro atoms. The smallest absolute Gasteiger partial charge is 0.338 e. The molecule has 3 nitrogen and oxygen atoms in total. The molecule has 104 valence electrons. The van der Waals surface area contributed by atoms with E-state index < -0.39 is 23.9 Å². The van der Waals surface area contributed by atoms with Crippen LogP contribution < -0.4 is 5.32 Å². The summed E-state index contributed by atoms with van der Waals surface area (Å²) in [5, 5.41) is 1.87. The zero-order valence-electron chi connectivity index (χ0n) is 9.52. The zero-order valence-corrected chi connectivity index (χ0v) is 11.0. The van der Waals surface area contributed by atoms with E-state index >= 15 is 0 Å². The average Bonchev–Trinajstić information content (AvgIpc) is 2.30. The SMILES string of the molecule is C[C@@H](NC(=O)C(F)(F)F)C(=O)c1ccc(Cl)c(Cl)c1. The number of nitrogens with one attached hydrogen (secondary N) is 1. The van der Waals surface area contributed by atoms with E-state index in [9.17, 15) is 22.8 Å². The number of hydrogen-bond acceptors (Lipinski definition) is 2. The first-order chi connectivity index (χ1) is 8.62. The van der Waals surface area contributed by atoms with Crippen molar-refractivity contribution in [1.82, 2.24) is 5.32 Å². The summed E-state index contributed by atoms with van der Waals surface area (Å²) in [4.78, 5) is 22.5. The quantitative estimate of drug-likeness (QED) is 0.871. The topological polar surface area (TPSA) is 46.2 Å². The largest absolute Gasteiger partial charge is 0.471 e. The molecule has 1 aromatic rings. The van der Waals surface area contributed by atoms with E-state index in [0.717, 1.165) is 6.92 Å². The maximum absolute atomic E-state index is 12.0. The number of carbonyl (C=O) groups excluding carboxylic acids is 2. The van der Waals surface area contributed by atoms with Gasteiger partial charge in [0.1, 0.15) is 0 Å². The summed E-state index contributed by atoms with van der Waals surface area (Å²) in [6.45, 7) is 1.15. The van der Waals surface area contributed by atoms with Crippen molar-refractivity contribution in [1.29, 1.82) is 0 Å². The third-order valence-corrected chi connectivity index (χ3v) is 2.94. The predicted octanol–water partition coefficient (Wildman–Crippen LogP) is 3.24. The van der Waals surface area contributed by atoms with E-state index in [1.165, 1.54) is 18.2 Å². The lowest BCUT2D eigenvalue weighted by Crippen LogP contribution is -2.45. The molecule has 1 atom stereocenters. The number of Topliss-reactive ketones (excluding diaryl/α,β-unsaturated/α-hetero) is 1. The second-order valence-corrected chi connectivity index (χ2v) is 4.50. The van der Waals surface area contributed by atoms with Crippen molar-refractivity contribution in [2.45, 2.75) is 19.1 Å². The Morgan fingerprint density at radius 3 is 2.26 bits per heavy atom. The van der Waals surface area contributed by atoms with Crippen LogP contribution in [0.15, 0.2) is 18.2 Å². The predicted molar refractivity (Wildman–Crippen MR) is 64.5 cm³/mol. The Kier molecular flexibility index (Phi) is 4.81. The molecule has 1 rings (SSSR count). The minimum atomic E-state index is -5.04. The van der Waals surface area contributed by atoms with Gasteiger partial charge in [0.05, 0.1) is 16.1 Å². The highest BCUT2D eigenvalue weighted by molar-refractivity contribution is 6.42. The number of rotatable bonds is 3. The minimum Gasteiger partial charge on any atom is -0.338 e. The molecule has 0 aromatic heterocycles. The van der Waals surface area contributed by atoms with Gasteiger partial charge in [-0.25, -0.2) is 0 Å². The van der Waals surface area contributed by atoms with Gasteiger partial charge in [-0.1, -0.05) is 23.2 Å². The molecule has 1 amide bonds. The molecular formula is C11H8Cl2F3NO2. The van der Waals surface area contributed by atoms with E-state index in [2.05, 4.69) is 0 Å². The molecule has 0 saturated carbocycles. The molecule has 1 aromatic carbocycles.